The molecule has 114 valence electrons. The minimum Gasteiger partial charge on any atom is -0.326 e. The van der Waals surface area contributed by atoms with Gasteiger partial charge in [-0.15, -0.1) is 11.6 Å². The van der Waals surface area contributed by atoms with Gasteiger partial charge in [0.05, 0.1) is 11.4 Å². The van der Waals surface area contributed by atoms with Crippen LogP contribution < -0.4 is 0 Å². The van der Waals surface area contributed by atoms with E-state index in [0.717, 1.165) is 19.2 Å². The molecule has 0 aliphatic heterocycles. The second-order valence-electron chi connectivity index (χ2n) is 5.43. The zero-order chi connectivity index (χ0) is 15.0. The lowest BCUT2D eigenvalue weighted by atomic mass is 10.3. The molecule has 1 aromatic heterocycles. The zero-order valence-electron chi connectivity index (χ0n) is 12.0. The molecule has 1 fully saturated rings. The second kappa shape index (κ2) is 5.89. The number of imidazole rings is 1. The predicted octanol–water partition coefficient (Wildman–Crippen LogP) is 3.54. The minimum absolute atomic E-state index is 0.186. The van der Waals surface area contributed by atoms with Gasteiger partial charge in [0, 0.05) is 25.2 Å². The van der Waals surface area contributed by atoms with E-state index in [1.807, 2.05) is 4.57 Å². The van der Waals surface area contributed by atoms with Gasteiger partial charge < -0.3 is 4.57 Å². The van der Waals surface area contributed by atoms with Gasteiger partial charge in [0.15, 0.2) is 5.82 Å². The smallest absolute Gasteiger partial charge is 0.153 e. The first kappa shape index (κ1) is 14.7. The average molecular weight is 314 g/mol. The largest absolute Gasteiger partial charge is 0.326 e. The summed E-state index contributed by atoms with van der Waals surface area (Å²) in [5.41, 5.74) is 0.677. The summed E-state index contributed by atoms with van der Waals surface area (Å²) in [6.45, 7) is 4.60. The van der Waals surface area contributed by atoms with E-state index in [2.05, 4.69) is 16.8 Å². The van der Waals surface area contributed by atoms with Crippen molar-refractivity contribution in [1.29, 1.82) is 0 Å². The molecule has 0 amide bonds. The van der Waals surface area contributed by atoms with Crippen LogP contribution in [0.15, 0.2) is 12.1 Å². The van der Waals surface area contributed by atoms with Crippen LogP contribution in [0.5, 0.6) is 0 Å². The lowest BCUT2D eigenvalue weighted by Gasteiger charge is -2.20. The van der Waals surface area contributed by atoms with Crippen molar-refractivity contribution in [2.75, 3.05) is 13.1 Å². The molecule has 0 spiro atoms. The van der Waals surface area contributed by atoms with Gasteiger partial charge in [-0.3, -0.25) is 4.90 Å². The van der Waals surface area contributed by atoms with E-state index < -0.39 is 11.6 Å². The molecular weight excluding hydrogens is 296 g/mol. The van der Waals surface area contributed by atoms with Crippen LogP contribution in [0, 0.1) is 11.6 Å². The summed E-state index contributed by atoms with van der Waals surface area (Å²) in [5.74, 6) is -0.449. The first-order valence-electron chi connectivity index (χ1n) is 7.28. The van der Waals surface area contributed by atoms with E-state index in [0.29, 0.717) is 23.9 Å². The van der Waals surface area contributed by atoms with Crippen LogP contribution in [0.1, 0.15) is 25.6 Å². The Kier molecular flexibility index (Phi) is 4.13. The van der Waals surface area contributed by atoms with Gasteiger partial charge in [-0.2, -0.15) is 0 Å². The van der Waals surface area contributed by atoms with Gasteiger partial charge in [0.2, 0.25) is 0 Å². The van der Waals surface area contributed by atoms with Crippen LogP contribution in [0.2, 0.25) is 0 Å². The van der Waals surface area contributed by atoms with Gasteiger partial charge in [0.1, 0.15) is 17.2 Å². The molecule has 1 aliphatic carbocycles. The quantitative estimate of drug-likeness (QED) is 0.761. The molecule has 21 heavy (non-hydrogen) atoms. The first-order chi connectivity index (χ1) is 10.1. The molecule has 2 aromatic rings. The van der Waals surface area contributed by atoms with Crippen molar-refractivity contribution in [2.24, 2.45) is 0 Å². The second-order valence-corrected chi connectivity index (χ2v) is 5.70. The summed E-state index contributed by atoms with van der Waals surface area (Å²) in [4.78, 5) is 6.60. The number of hydrogen-bond acceptors (Lipinski definition) is 2. The molecule has 3 nitrogen and oxygen atoms in total. The Morgan fingerprint density at radius 1 is 1.38 bits per heavy atom. The Bertz CT molecular complexity index is 652. The van der Waals surface area contributed by atoms with E-state index in [-0.39, 0.29) is 11.4 Å². The third kappa shape index (κ3) is 2.90. The number of nitrogens with zero attached hydrogens (tertiary/aromatic N) is 3. The normalized spacial score (nSPS) is 15.3. The fourth-order valence-electron chi connectivity index (χ4n) is 2.82. The van der Waals surface area contributed by atoms with Crippen molar-refractivity contribution in [2.45, 2.75) is 38.2 Å². The number of benzene rings is 1. The summed E-state index contributed by atoms with van der Waals surface area (Å²) in [6.07, 6.45) is 2.48. The predicted molar refractivity (Wildman–Crippen MR) is 79.5 cm³/mol. The maximum Gasteiger partial charge on any atom is 0.153 e. The zero-order valence-corrected chi connectivity index (χ0v) is 12.7. The Hall–Kier alpha value is -1.20. The number of aromatic nitrogens is 2. The molecule has 3 rings (SSSR count). The summed E-state index contributed by atoms with van der Waals surface area (Å²) in [7, 11) is 0. The van der Waals surface area contributed by atoms with E-state index in [1.54, 1.807) is 0 Å². The maximum atomic E-state index is 13.8. The third-order valence-corrected chi connectivity index (χ3v) is 4.29. The van der Waals surface area contributed by atoms with E-state index >= 15 is 0 Å². The number of likely N-dealkylation sites (N-methyl/N-ethyl adjacent to an activating group) is 1. The standard InChI is InChI=1S/C15H18ClF2N3/c1-2-20(11-3-4-11)5-6-21-13-8-10(17)7-12(18)15(13)19-14(21)9-16/h7-8,11H,2-6,9H2,1H3. The lowest BCUT2D eigenvalue weighted by molar-refractivity contribution is 0.266. The van der Waals surface area contributed by atoms with Crippen molar-refractivity contribution >= 4 is 22.6 Å². The minimum atomic E-state index is -0.635. The number of fused-ring (bicyclic) bond motifs is 1. The fourth-order valence-corrected chi connectivity index (χ4v) is 3.02. The highest BCUT2D eigenvalue weighted by Crippen LogP contribution is 2.27. The van der Waals surface area contributed by atoms with Crippen molar-refractivity contribution in [1.82, 2.24) is 14.5 Å². The van der Waals surface area contributed by atoms with Gasteiger partial charge in [-0.1, -0.05) is 6.92 Å². The summed E-state index contributed by atoms with van der Waals surface area (Å²) in [5, 5.41) is 0. The molecule has 0 radical (unpaired) electrons. The number of alkyl halides is 1. The Morgan fingerprint density at radius 3 is 2.76 bits per heavy atom. The molecule has 0 bridgehead atoms. The Labute approximate surface area is 127 Å². The van der Waals surface area contributed by atoms with Crippen molar-refractivity contribution < 1.29 is 8.78 Å². The summed E-state index contributed by atoms with van der Waals surface area (Å²) < 4.78 is 29.1. The molecule has 1 aromatic carbocycles. The third-order valence-electron chi connectivity index (χ3n) is 4.05. The molecular formula is C15H18ClF2N3. The molecule has 6 heteroatoms. The Balaban J connectivity index is 1.92. The SMILES string of the molecule is CCN(CCn1c(CCl)nc2c(F)cc(F)cc21)C1CC1. The summed E-state index contributed by atoms with van der Waals surface area (Å²) in [6, 6.07) is 2.85. The highest BCUT2D eigenvalue weighted by Gasteiger charge is 2.27. The van der Waals surface area contributed by atoms with Crippen LogP contribution in [0.4, 0.5) is 8.78 Å². The van der Waals surface area contributed by atoms with Crippen LogP contribution in [0.3, 0.4) is 0 Å². The summed E-state index contributed by atoms with van der Waals surface area (Å²) >= 11 is 5.91. The average Bonchev–Trinajstić information content (AvgIpc) is 3.22. The molecule has 1 saturated carbocycles. The molecule has 0 N–H and O–H groups in total. The first-order valence-corrected chi connectivity index (χ1v) is 7.81. The molecule has 0 atom stereocenters. The van der Waals surface area contributed by atoms with Gasteiger partial charge in [-0.05, 0) is 25.5 Å². The van der Waals surface area contributed by atoms with Crippen molar-refractivity contribution in [3.8, 4) is 0 Å². The van der Waals surface area contributed by atoms with E-state index in [4.69, 9.17) is 11.6 Å². The lowest BCUT2D eigenvalue weighted by Crippen LogP contribution is -2.29. The van der Waals surface area contributed by atoms with E-state index in [1.165, 1.54) is 18.9 Å². The Morgan fingerprint density at radius 2 is 2.14 bits per heavy atom. The fraction of sp³-hybridized carbons (Fsp3) is 0.533. The van der Waals surface area contributed by atoms with Crippen LogP contribution >= 0.6 is 11.6 Å². The molecule has 0 saturated heterocycles. The highest BCUT2D eigenvalue weighted by atomic mass is 35.5. The molecule has 1 heterocycles. The topological polar surface area (TPSA) is 21.1 Å². The van der Waals surface area contributed by atoms with Gasteiger partial charge >= 0.3 is 0 Å². The molecule has 0 unspecified atom stereocenters. The van der Waals surface area contributed by atoms with Crippen LogP contribution in [0.25, 0.3) is 11.0 Å². The van der Waals surface area contributed by atoms with Crippen LogP contribution in [-0.4, -0.2) is 33.6 Å². The molecule has 1 aliphatic rings. The van der Waals surface area contributed by atoms with E-state index in [9.17, 15) is 8.78 Å². The monoisotopic (exact) mass is 313 g/mol. The maximum absolute atomic E-state index is 13.8. The van der Waals surface area contributed by atoms with Gasteiger partial charge in [0.25, 0.3) is 0 Å². The number of hydrogen-bond donors (Lipinski definition) is 0. The van der Waals surface area contributed by atoms with Crippen molar-refractivity contribution in [3.63, 3.8) is 0 Å². The number of rotatable bonds is 6. The van der Waals surface area contributed by atoms with Crippen molar-refractivity contribution in [3.05, 3.63) is 29.6 Å². The van der Waals surface area contributed by atoms with Gasteiger partial charge in [-0.25, -0.2) is 13.8 Å². The number of halogens is 3. The van der Waals surface area contributed by atoms with Crippen LogP contribution in [-0.2, 0) is 12.4 Å². The highest BCUT2D eigenvalue weighted by molar-refractivity contribution is 6.16.